The minimum atomic E-state index is -0.523. The van der Waals surface area contributed by atoms with Crippen molar-refractivity contribution in [1.82, 2.24) is 5.06 Å². The average molecular weight is 420 g/mol. The smallest absolute Gasteiger partial charge is 0.135 e. The summed E-state index contributed by atoms with van der Waals surface area (Å²) >= 11 is 0. The Kier molecular flexibility index (Phi) is 4.09. The molecule has 3 aliphatic rings. The number of hydrogen-bond acceptors (Lipinski definition) is 3. The molecule has 1 saturated heterocycles. The van der Waals surface area contributed by atoms with Gasteiger partial charge in [-0.2, -0.15) is 5.26 Å². The molecule has 0 amide bonds. The Bertz CT molecular complexity index is 1310. The molecular weight excluding hydrogens is 394 g/mol. The number of hydroxylamine groups is 2. The predicted molar refractivity (Wildman–Crippen MR) is 124 cm³/mol. The van der Waals surface area contributed by atoms with E-state index in [4.69, 9.17) is 10.2 Å². The van der Waals surface area contributed by atoms with Gasteiger partial charge in [-0.05, 0) is 77.3 Å². The maximum atomic E-state index is 9.34. The molecule has 2 atom stereocenters. The van der Waals surface area contributed by atoms with Crippen LogP contribution in [0.2, 0.25) is 0 Å². The van der Waals surface area contributed by atoms with Crippen LogP contribution in [0.4, 0.5) is 0 Å². The largest absolute Gasteiger partial charge is 0.287 e. The molecule has 3 aromatic carbocycles. The number of rotatable bonds is 1. The van der Waals surface area contributed by atoms with Crippen molar-refractivity contribution in [2.24, 2.45) is 5.41 Å². The fourth-order valence-electron chi connectivity index (χ4n) is 6.24. The summed E-state index contributed by atoms with van der Waals surface area (Å²) in [7, 11) is 1.86. The van der Waals surface area contributed by atoms with E-state index in [9.17, 15) is 5.26 Å². The Morgan fingerprint density at radius 2 is 1.69 bits per heavy atom. The molecule has 6 rings (SSSR count). The van der Waals surface area contributed by atoms with Crippen LogP contribution in [0, 0.1) is 22.2 Å². The zero-order chi connectivity index (χ0) is 21.9. The molecule has 0 bridgehead atoms. The Hall–Kier alpha value is -3.42. The van der Waals surface area contributed by atoms with Crippen molar-refractivity contribution in [3.05, 3.63) is 94.5 Å². The van der Waals surface area contributed by atoms with Crippen LogP contribution in [0.3, 0.4) is 0 Å². The Balaban J connectivity index is 1.51. The number of fused-ring (bicyclic) bond motifs is 4. The first-order valence-corrected chi connectivity index (χ1v) is 11.2. The van der Waals surface area contributed by atoms with Gasteiger partial charge in [-0.25, -0.2) is 5.06 Å². The lowest BCUT2D eigenvalue weighted by atomic mass is 9.61. The van der Waals surface area contributed by atoms with Gasteiger partial charge in [0, 0.05) is 18.9 Å². The van der Waals surface area contributed by atoms with Crippen molar-refractivity contribution in [3.63, 3.8) is 0 Å². The van der Waals surface area contributed by atoms with Crippen molar-refractivity contribution in [3.8, 4) is 17.2 Å². The molecule has 32 heavy (non-hydrogen) atoms. The van der Waals surface area contributed by atoms with Gasteiger partial charge in [0.2, 0.25) is 0 Å². The standard InChI is InChI=1S/C28H25N3O/c1-31-26(30)17-28(32-31)25-14-22(21-8-4-5-19(13-21)18-29)9-10-24(25)16-27(28)12-11-20-6-2-3-7-23(20)15-27/h2-10,13-14,30H,11-12,15-17H2,1H3. The summed E-state index contributed by atoms with van der Waals surface area (Å²) < 4.78 is 0. The number of nitrogens with zero attached hydrogens (tertiary/aromatic N) is 2. The van der Waals surface area contributed by atoms with Gasteiger partial charge in [0.25, 0.3) is 0 Å². The van der Waals surface area contributed by atoms with Gasteiger partial charge in [-0.3, -0.25) is 10.2 Å². The molecule has 1 N–H and O–H groups in total. The molecular formula is C28H25N3O. The van der Waals surface area contributed by atoms with Gasteiger partial charge in [-0.1, -0.05) is 48.5 Å². The fraction of sp³-hybridized carbons (Fsp3) is 0.286. The number of benzene rings is 3. The monoisotopic (exact) mass is 419 g/mol. The van der Waals surface area contributed by atoms with Crippen LogP contribution in [-0.2, 0) is 29.7 Å². The second-order valence-corrected chi connectivity index (χ2v) is 9.51. The van der Waals surface area contributed by atoms with Gasteiger partial charge in [0.05, 0.1) is 11.6 Å². The average Bonchev–Trinajstić information content (AvgIpc) is 3.26. The van der Waals surface area contributed by atoms with Crippen molar-refractivity contribution in [1.29, 1.82) is 10.7 Å². The maximum Gasteiger partial charge on any atom is 0.135 e. The molecule has 0 aromatic heterocycles. The third-order valence-corrected chi connectivity index (χ3v) is 7.86. The summed E-state index contributed by atoms with van der Waals surface area (Å²) in [4.78, 5) is 6.65. The van der Waals surface area contributed by atoms with Crippen molar-refractivity contribution in [2.45, 2.75) is 37.7 Å². The molecule has 2 spiro atoms. The predicted octanol–water partition coefficient (Wildman–Crippen LogP) is 5.40. The number of nitrogens with one attached hydrogen (secondary N) is 1. The minimum Gasteiger partial charge on any atom is -0.287 e. The van der Waals surface area contributed by atoms with Gasteiger partial charge in [0.1, 0.15) is 11.4 Å². The first kappa shape index (κ1) is 19.3. The van der Waals surface area contributed by atoms with E-state index in [1.165, 1.54) is 22.3 Å². The third-order valence-electron chi connectivity index (χ3n) is 7.86. The van der Waals surface area contributed by atoms with Crippen LogP contribution in [0.25, 0.3) is 11.1 Å². The van der Waals surface area contributed by atoms with E-state index in [1.807, 2.05) is 25.2 Å². The zero-order valence-corrected chi connectivity index (χ0v) is 18.2. The van der Waals surface area contributed by atoms with Crippen molar-refractivity contribution >= 4 is 5.84 Å². The highest BCUT2D eigenvalue weighted by Gasteiger charge is 2.63. The third kappa shape index (κ3) is 2.61. The molecule has 4 nitrogen and oxygen atoms in total. The van der Waals surface area contributed by atoms with Crippen LogP contribution in [0.1, 0.15) is 40.7 Å². The second kappa shape index (κ2) is 6.79. The van der Waals surface area contributed by atoms with Gasteiger partial charge in [-0.15, -0.1) is 0 Å². The molecule has 2 aliphatic carbocycles. The van der Waals surface area contributed by atoms with Crippen LogP contribution < -0.4 is 0 Å². The van der Waals surface area contributed by atoms with Crippen LogP contribution in [0.15, 0.2) is 66.7 Å². The van der Waals surface area contributed by atoms with Crippen LogP contribution >= 0.6 is 0 Å². The van der Waals surface area contributed by atoms with Crippen molar-refractivity contribution in [2.75, 3.05) is 7.05 Å². The molecule has 158 valence electrons. The van der Waals surface area contributed by atoms with Crippen LogP contribution in [-0.4, -0.2) is 17.9 Å². The number of hydrogen-bond donors (Lipinski definition) is 1. The molecule has 3 aromatic rings. The summed E-state index contributed by atoms with van der Waals surface area (Å²) in [5.41, 5.74) is 7.61. The van der Waals surface area contributed by atoms with E-state index in [-0.39, 0.29) is 5.41 Å². The maximum absolute atomic E-state index is 9.34. The van der Waals surface area contributed by atoms with Crippen LogP contribution in [0.5, 0.6) is 0 Å². The highest BCUT2D eigenvalue weighted by molar-refractivity contribution is 5.82. The molecule has 0 saturated carbocycles. The summed E-state index contributed by atoms with van der Waals surface area (Å²) in [5.74, 6) is 0.535. The van der Waals surface area contributed by atoms with Gasteiger partial charge < -0.3 is 0 Å². The lowest BCUT2D eigenvalue weighted by Gasteiger charge is -2.45. The van der Waals surface area contributed by atoms with Crippen molar-refractivity contribution < 1.29 is 4.84 Å². The molecule has 0 radical (unpaired) electrons. The van der Waals surface area contributed by atoms with Gasteiger partial charge in [0.15, 0.2) is 0 Å². The first-order chi connectivity index (χ1) is 15.5. The SMILES string of the molecule is CN1OC2(CC1=N)c1cc(-c3cccc(C#N)c3)ccc1CC21CCc2ccccc2C1. The Morgan fingerprint density at radius 3 is 2.47 bits per heavy atom. The fourth-order valence-corrected chi connectivity index (χ4v) is 6.24. The molecule has 2 unspecified atom stereocenters. The highest BCUT2D eigenvalue weighted by atomic mass is 16.7. The topological polar surface area (TPSA) is 60.1 Å². The summed E-state index contributed by atoms with van der Waals surface area (Å²) in [6, 6.07) is 25.5. The van der Waals surface area contributed by atoms with E-state index < -0.39 is 5.60 Å². The van der Waals surface area contributed by atoms with E-state index in [2.05, 4.69) is 54.6 Å². The van der Waals surface area contributed by atoms with E-state index in [0.717, 1.165) is 36.8 Å². The number of amidine groups is 1. The van der Waals surface area contributed by atoms with E-state index in [1.54, 1.807) is 5.06 Å². The van der Waals surface area contributed by atoms with Gasteiger partial charge >= 0.3 is 0 Å². The zero-order valence-electron chi connectivity index (χ0n) is 18.2. The van der Waals surface area contributed by atoms with E-state index >= 15 is 0 Å². The lowest BCUT2D eigenvalue weighted by molar-refractivity contribution is -0.217. The molecule has 4 heteroatoms. The summed E-state index contributed by atoms with van der Waals surface area (Å²) in [6.07, 6.45) is 4.64. The quantitative estimate of drug-likeness (QED) is 0.575. The molecule has 1 fully saturated rings. The normalized spacial score (nSPS) is 25.8. The summed E-state index contributed by atoms with van der Waals surface area (Å²) in [5, 5.41) is 19.6. The molecule has 1 heterocycles. The highest BCUT2D eigenvalue weighted by Crippen LogP contribution is 2.62. The Labute approximate surface area is 188 Å². The number of nitriles is 1. The lowest BCUT2D eigenvalue weighted by Crippen LogP contribution is -2.47. The van der Waals surface area contributed by atoms with E-state index in [0.29, 0.717) is 17.8 Å². The summed E-state index contributed by atoms with van der Waals surface area (Å²) in [6.45, 7) is 0. The first-order valence-electron chi connectivity index (χ1n) is 11.2. The second-order valence-electron chi connectivity index (χ2n) is 9.51. The molecule has 1 aliphatic heterocycles. The number of aryl methyl sites for hydroxylation is 1. The Morgan fingerprint density at radius 1 is 0.906 bits per heavy atom. The minimum absolute atomic E-state index is 0.0616.